The van der Waals surface area contributed by atoms with Gasteiger partial charge in [0, 0.05) is 40.0 Å². The van der Waals surface area contributed by atoms with Gasteiger partial charge in [-0.15, -0.1) is 0 Å². The number of hydrogen-bond donors (Lipinski definition) is 2. The van der Waals surface area contributed by atoms with Gasteiger partial charge < -0.3 is 16.4 Å². The summed E-state index contributed by atoms with van der Waals surface area (Å²) in [6.45, 7) is 0. The lowest BCUT2D eigenvalue weighted by Crippen LogP contribution is -2.30. The van der Waals surface area contributed by atoms with Crippen LogP contribution >= 0.6 is 0 Å². The van der Waals surface area contributed by atoms with Crippen LogP contribution in [0, 0.1) is 0 Å². The molecule has 1 aromatic carbocycles. The number of nitrogens with zero attached hydrogens (tertiary/aromatic N) is 1. The fourth-order valence-electron chi connectivity index (χ4n) is 4.21. The average Bonchev–Trinajstić information content (AvgIpc) is 2.71. The summed E-state index contributed by atoms with van der Waals surface area (Å²) in [5, 5.41) is 0. The van der Waals surface area contributed by atoms with Gasteiger partial charge in [-0.2, -0.15) is 0 Å². The number of nitrogens with two attached hydrogens (primary N) is 2. The molecule has 0 bridgehead atoms. The average molecular weight is 360 g/mol. The predicted molar refractivity (Wildman–Crippen MR) is 114 cm³/mol. The maximum atomic E-state index is 6.38. The van der Waals surface area contributed by atoms with Crippen LogP contribution in [0.1, 0.15) is 44.9 Å². The Morgan fingerprint density at radius 3 is 2.48 bits per heavy atom. The second-order valence-corrected chi connectivity index (χ2v) is 7.56. The standard InChI is InChI=1S/C24H29N3/c25-18-14-16-20(17-15-18)27(19-8-2-1-3-9-19)24-13-7-5-11-22(24)21-10-4-6-12-23(21)26/h1-3,5,8-12,16,18H,4,6-7,13-15,17,25-26H2. The lowest BCUT2D eigenvalue weighted by Gasteiger charge is -2.36. The van der Waals surface area contributed by atoms with Crippen molar-refractivity contribution < 1.29 is 0 Å². The van der Waals surface area contributed by atoms with Crippen LogP contribution in [0.4, 0.5) is 5.69 Å². The minimum Gasteiger partial charge on any atom is -0.398 e. The smallest absolute Gasteiger partial charge is 0.0455 e. The maximum Gasteiger partial charge on any atom is 0.0455 e. The van der Waals surface area contributed by atoms with E-state index in [1.807, 2.05) is 0 Å². The summed E-state index contributed by atoms with van der Waals surface area (Å²) in [5.41, 5.74) is 19.9. The third-order valence-corrected chi connectivity index (χ3v) is 5.62. The van der Waals surface area contributed by atoms with Gasteiger partial charge in [-0.05, 0) is 57.1 Å². The minimum atomic E-state index is 0.283. The Labute approximate surface area is 162 Å². The summed E-state index contributed by atoms with van der Waals surface area (Å²) in [6.07, 6.45) is 18.5. The molecule has 27 heavy (non-hydrogen) atoms. The third kappa shape index (κ3) is 3.79. The molecule has 0 radical (unpaired) electrons. The predicted octanol–water partition coefficient (Wildman–Crippen LogP) is 5.06. The summed E-state index contributed by atoms with van der Waals surface area (Å²) >= 11 is 0. The summed E-state index contributed by atoms with van der Waals surface area (Å²) in [4.78, 5) is 2.47. The summed E-state index contributed by atoms with van der Waals surface area (Å²) in [6, 6.07) is 11.0. The first-order chi connectivity index (χ1) is 13.2. The first-order valence-corrected chi connectivity index (χ1v) is 10.1. The first-order valence-electron chi connectivity index (χ1n) is 10.1. The molecule has 4 rings (SSSR count). The van der Waals surface area contributed by atoms with E-state index in [0.29, 0.717) is 0 Å². The van der Waals surface area contributed by atoms with E-state index in [1.165, 1.54) is 28.2 Å². The number of rotatable bonds is 4. The van der Waals surface area contributed by atoms with E-state index >= 15 is 0 Å². The highest BCUT2D eigenvalue weighted by Gasteiger charge is 2.25. The number of hydrogen-bond acceptors (Lipinski definition) is 3. The molecule has 0 spiro atoms. The van der Waals surface area contributed by atoms with Crippen molar-refractivity contribution in [3.05, 3.63) is 88.9 Å². The van der Waals surface area contributed by atoms with Crippen molar-refractivity contribution in [3.8, 4) is 0 Å². The van der Waals surface area contributed by atoms with Gasteiger partial charge in [0.2, 0.25) is 0 Å². The molecular weight excluding hydrogens is 330 g/mol. The second kappa shape index (κ2) is 8.01. The molecule has 0 fully saturated rings. The Morgan fingerprint density at radius 1 is 0.926 bits per heavy atom. The molecule has 0 heterocycles. The van der Waals surface area contributed by atoms with Crippen molar-refractivity contribution in [1.82, 2.24) is 0 Å². The van der Waals surface area contributed by atoms with Crippen LogP contribution in [0.2, 0.25) is 0 Å². The van der Waals surface area contributed by atoms with E-state index in [0.717, 1.165) is 50.6 Å². The monoisotopic (exact) mass is 359 g/mol. The molecule has 0 saturated heterocycles. The van der Waals surface area contributed by atoms with Crippen LogP contribution in [-0.4, -0.2) is 6.04 Å². The maximum absolute atomic E-state index is 6.38. The van der Waals surface area contributed by atoms with Crippen LogP contribution in [0.5, 0.6) is 0 Å². The Hall–Kier alpha value is -2.52. The molecule has 3 heteroatoms. The largest absolute Gasteiger partial charge is 0.398 e. The molecular formula is C24H29N3. The molecule has 140 valence electrons. The van der Waals surface area contributed by atoms with E-state index < -0.39 is 0 Å². The Kier molecular flexibility index (Phi) is 5.30. The molecule has 3 nitrogen and oxygen atoms in total. The first kappa shape index (κ1) is 17.9. The summed E-state index contributed by atoms with van der Waals surface area (Å²) < 4.78 is 0. The Balaban J connectivity index is 1.83. The Bertz CT molecular complexity index is 840. The zero-order valence-corrected chi connectivity index (χ0v) is 15.9. The van der Waals surface area contributed by atoms with Crippen molar-refractivity contribution in [3.63, 3.8) is 0 Å². The van der Waals surface area contributed by atoms with Gasteiger partial charge in [0.05, 0.1) is 0 Å². The number of benzene rings is 1. The lowest BCUT2D eigenvalue weighted by atomic mass is 9.89. The van der Waals surface area contributed by atoms with Gasteiger partial charge in [-0.1, -0.05) is 48.6 Å². The van der Waals surface area contributed by atoms with Crippen LogP contribution in [0.15, 0.2) is 88.9 Å². The van der Waals surface area contributed by atoms with Gasteiger partial charge in [-0.3, -0.25) is 0 Å². The van der Waals surface area contributed by atoms with Crippen molar-refractivity contribution >= 4 is 5.69 Å². The minimum absolute atomic E-state index is 0.283. The van der Waals surface area contributed by atoms with Crippen molar-refractivity contribution in [2.75, 3.05) is 4.90 Å². The highest BCUT2D eigenvalue weighted by Crippen LogP contribution is 2.38. The molecule has 0 saturated carbocycles. The van der Waals surface area contributed by atoms with Crippen molar-refractivity contribution in [2.24, 2.45) is 11.5 Å². The molecule has 1 atom stereocenters. The van der Waals surface area contributed by atoms with Crippen LogP contribution in [0.25, 0.3) is 0 Å². The topological polar surface area (TPSA) is 55.3 Å². The van der Waals surface area contributed by atoms with Crippen LogP contribution < -0.4 is 16.4 Å². The molecule has 1 aromatic rings. The zero-order chi connectivity index (χ0) is 18.6. The van der Waals surface area contributed by atoms with E-state index in [1.54, 1.807) is 0 Å². The molecule has 1 unspecified atom stereocenters. The second-order valence-electron chi connectivity index (χ2n) is 7.56. The van der Waals surface area contributed by atoms with Crippen LogP contribution in [0.3, 0.4) is 0 Å². The summed E-state index contributed by atoms with van der Waals surface area (Å²) in [5.74, 6) is 0. The molecule has 0 aromatic heterocycles. The fraction of sp³-hybridized carbons (Fsp3) is 0.333. The van der Waals surface area contributed by atoms with Gasteiger partial charge in [0.1, 0.15) is 0 Å². The fourth-order valence-corrected chi connectivity index (χ4v) is 4.21. The zero-order valence-electron chi connectivity index (χ0n) is 15.9. The van der Waals surface area contributed by atoms with Gasteiger partial charge in [-0.25, -0.2) is 0 Å². The lowest BCUT2D eigenvalue weighted by molar-refractivity contribution is 0.581. The quantitative estimate of drug-likeness (QED) is 0.790. The number of para-hydroxylation sites is 1. The molecule has 4 N–H and O–H groups in total. The number of anilines is 1. The summed E-state index contributed by atoms with van der Waals surface area (Å²) in [7, 11) is 0. The van der Waals surface area contributed by atoms with E-state index in [2.05, 4.69) is 65.6 Å². The van der Waals surface area contributed by atoms with Crippen molar-refractivity contribution in [1.29, 1.82) is 0 Å². The number of allylic oxidation sites excluding steroid dienone is 7. The van der Waals surface area contributed by atoms with E-state index in [-0.39, 0.29) is 6.04 Å². The molecule has 0 amide bonds. The molecule has 0 aliphatic heterocycles. The van der Waals surface area contributed by atoms with E-state index in [9.17, 15) is 0 Å². The highest BCUT2D eigenvalue weighted by atomic mass is 15.2. The van der Waals surface area contributed by atoms with Crippen LogP contribution in [-0.2, 0) is 0 Å². The SMILES string of the molecule is NC1=CCCC=C1C1=C(N(C2=CCC(N)CC2)c2ccccc2)CCC=C1. The highest BCUT2D eigenvalue weighted by molar-refractivity contribution is 5.65. The van der Waals surface area contributed by atoms with Gasteiger partial charge in [0.25, 0.3) is 0 Å². The third-order valence-electron chi connectivity index (χ3n) is 5.62. The molecule has 3 aliphatic rings. The van der Waals surface area contributed by atoms with Crippen molar-refractivity contribution in [2.45, 2.75) is 51.0 Å². The molecule has 3 aliphatic carbocycles. The van der Waals surface area contributed by atoms with Gasteiger partial charge >= 0.3 is 0 Å². The van der Waals surface area contributed by atoms with Gasteiger partial charge in [0.15, 0.2) is 0 Å². The van der Waals surface area contributed by atoms with E-state index in [4.69, 9.17) is 11.5 Å². The Morgan fingerprint density at radius 2 is 1.74 bits per heavy atom. The normalized spacial score (nSPS) is 22.9.